The van der Waals surface area contributed by atoms with Gasteiger partial charge in [0.25, 0.3) is 0 Å². The number of urea groups is 1. The molecule has 36 heavy (non-hydrogen) atoms. The molecule has 3 fully saturated rings. The second-order valence-electron chi connectivity index (χ2n) is 11.0. The number of ether oxygens (including phenoxy) is 1. The number of hydrogen-bond donors (Lipinski definition) is 3. The normalized spacial score (nSPS) is 21.1. The molecule has 3 aliphatic heterocycles. The number of aromatic nitrogens is 1. The van der Waals surface area contributed by atoms with Gasteiger partial charge in [0.1, 0.15) is 11.6 Å². The monoisotopic (exact) mass is 494 g/mol. The van der Waals surface area contributed by atoms with Gasteiger partial charge in [-0.3, -0.25) is 15.8 Å². The zero-order valence-electron chi connectivity index (χ0n) is 21.5. The van der Waals surface area contributed by atoms with Gasteiger partial charge in [-0.2, -0.15) is 0 Å². The number of nitrogens with zero attached hydrogens (tertiary/aromatic N) is 4. The van der Waals surface area contributed by atoms with Gasteiger partial charge in [0.2, 0.25) is 0 Å². The molecule has 3 aliphatic rings. The molecule has 0 radical (unpaired) electrons. The van der Waals surface area contributed by atoms with Crippen molar-refractivity contribution in [3.8, 4) is 5.75 Å². The van der Waals surface area contributed by atoms with Gasteiger partial charge in [0.05, 0.1) is 24.8 Å². The van der Waals surface area contributed by atoms with Crippen LogP contribution in [0.25, 0.3) is 0 Å². The summed E-state index contributed by atoms with van der Waals surface area (Å²) in [6.45, 7) is 8.90. The van der Waals surface area contributed by atoms with Crippen molar-refractivity contribution >= 4 is 11.8 Å². The minimum atomic E-state index is -0.738. The summed E-state index contributed by atoms with van der Waals surface area (Å²) in [5, 5.41) is 10.3. The van der Waals surface area contributed by atoms with Gasteiger partial charge in [-0.15, -0.1) is 0 Å². The molecule has 1 spiro atoms. The lowest BCUT2D eigenvalue weighted by atomic mass is 9.86. The molecule has 9 nitrogen and oxygen atoms in total. The summed E-state index contributed by atoms with van der Waals surface area (Å²) in [5.41, 5.74) is 7.53. The number of piperidine rings is 1. The maximum Gasteiger partial charge on any atom is 0.326 e. The first kappa shape index (κ1) is 25.0. The third-order valence-electron chi connectivity index (χ3n) is 7.70. The largest absolute Gasteiger partial charge is 0.497 e. The van der Waals surface area contributed by atoms with Crippen LogP contribution in [0.15, 0.2) is 42.6 Å². The fourth-order valence-corrected chi connectivity index (χ4v) is 5.76. The molecule has 4 heterocycles. The minimum absolute atomic E-state index is 0.00166. The van der Waals surface area contributed by atoms with E-state index in [2.05, 4.69) is 21.8 Å². The Morgan fingerprint density at radius 3 is 2.56 bits per heavy atom. The van der Waals surface area contributed by atoms with Crippen LogP contribution in [0, 0.1) is 0 Å². The highest BCUT2D eigenvalue weighted by molar-refractivity contribution is 5.94. The molecule has 2 aromatic rings. The summed E-state index contributed by atoms with van der Waals surface area (Å²) < 4.78 is 5.42. The fourth-order valence-electron chi connectivity index (χ4n) is 5.76. The molecule has 9 heteroatoms. The number of carbonyl (C=O) groups excluding carboxylic acids is 1. The number of benzene rings is 1. The van der Waals surface area contributed by atoms with Crippen molar-refractivity contribution in [3.63, 3.8) is 0 Å². The standard InChI is InChI=1S/C27H38N6O3/c1-26(2,35)18-31-11-9-27(10-12-31)19-32(24-8-7-21(14-28-24)22-15-29-30-16-22)25(34)33(27)17-20-5-4-6-23(13-20)36-3/h4-8,13-14,22,29-30,35H,9-12,15-19H2,1-3H3. The summed E-state index contributed by atoms with van der Waals surface area (Å²) in [5.74, 6) is 1.88. The van der Waals surface area contributed by atoms with Crippen LogP contribution >= 0.6 is 0 Å². The molecule has 0 saturated carbocycles. The van der Waals surface area contributed by atoms with E-state index in [0.717, 1.165) is 50.3 Å². The predicted octanol–water partition coefficient (Wildman–Crippen LogP) is 2.33. The topological polar surface area (TPSA) is 93.2 Å². The van der Waals surface area contributed by atoms with Gasteiger partial charge in [-0.25, -0.2) is 9.78 Å². The number of β-amino-alcohol motifs (C(OH)–C–C–N with tert-alkyl or cyclic N) is 1. The lowest BCUT2D eigenvalue weighted by Crippen LogP contribution is -2.55. The molecule has 3 N–H and O–H groups in total. The second-order valence-corrected chi connectivity index (χ2v) is 11.0. The zero-order chi connectivity index (χ0) is 25.3. The Balaban J connectivity index is 1.39. The number of pyridine rings is 1. The summed E-state index contributed by atoms with van der Waals surface area (Å²) in [4.78, 5) is 24.8. The third-order valence-corrected chi connectivity index (χ3v) is 7.70. The van der Waals surface area contributed by atoms with E-state index in [1.807, 2.05) is 60.2 Å². The number of nitrogens with one attached hydrogen (secondary N) is 2. The number of aliphatic hydroxyl groups is 1. The quantitative estimate of drug-likeness (QED) is 0.544. The molecular formula is C27H38N6O3. The van der Waals surface area contributed by atoms with E-state index in [9.17, 15) is 9.90 Å². The molecule has 0 bridgehead atoms. The maximum absolute atomic E-state index is 13.9. The van der Waals surface area contributed by atoms with Gasteiger partial charge in [-0.1, -0.05) is 18.2 Å². The van der Waals surface area contributed by atoms with Crippen molar-refractivity contribution in [2.45, 2.75) is 50.3 Å². The van der Waals surface area contributed by atoms with Crippen LogP contribution in [0.5, 0.6) is 5.75 Å². The Bertz CT molecular complexity index is 1060. The molecule has 3 saturated heterocycles. The Hall–Kier alpha value is -2.72. The van der Waals surface area contributed by atoms with Gasteiger partial charge in [0.15, 0.2) is 0 Å². The van der Waals surface area contributed by atoms with Crippen molar-refractivity contribution in [1.29, 1.82) is 0 Å². The molecule has 2 amide bonds. The van der Waals surface area contributed by atoms with Crippen molar-refractivity contribution in [2.24, 2.45) is 0 Å². The van der Waals surface area contributed by atoms with E-state index in [1.165, 1.54) is 5.56 Å². The van der Waals surface area contributed by atoms with E-state index < -0.39 is 5.60 Å². The SMILES string of the molecule is COc1cccc(CN2C(=O)N(c3ccc(C4CNNC4)cn3)CC23CCN(CC(C)(C)O)CC3)c1. The minimum Gasteiger partial charge on any atom is -0.497 e. The summed E-state index contributed by atoms with van der Waals surface area (Å²) in [7, 11) is 1.66. The Morgan fingerprint density at radius 2 is 1.92 bits per heavy atom. The number of likely N-dealkylation sites (tertiary alicyclic amines) is 1. The molecule has 1 aromatic carbocycles. The van der Waals surface area contributed by atoms with Gasteiger partial charge < -0.3 is 19.6 Å². The van der Waals surface area contributed by atoms with E-state index >= 15 is 0 Å². The fraction of sp³-hybridized carbons (Fsp3) is 0.556. The van der Waals surface area contributed by atoms with Crippen LogP contribution in [-0.2, 0) is 6.54 Å². The first-order valence-electron chi connectivity index (χ1n) is 12.8. The summed E-state index contributed by atoms with van der Waals surface area (Å²) in [6.07, 6.45) is 3.62. The molecule has 0 atom stereocenters. The van der Waals surface area contributed by atoms with Crippen molar-refractivity contribution in [1.82, 2.24) is 25.6 Å². The average molecular weight is 495 g/mol. The third kappa shape index (κ3) is 5.20. The maximum atomic E-state index is 13.9. The molecule has 1 aromatic heterocycles. The van der Waals surface area contributed by atoms with Crippen LogP contribution in [0.4, 0.5) is 10.6 Å². The molecule has 0 unspecified atom stereocenters. The summed E-state index contributed by atoms with van der Waals surface area (Å²) >= 11 is 0. The first-order valence-corrected chi connectivity index (χ1v) is 12.8. The van der Waals surface area contributed by atoms with E-state index in [-0.39, 0.29) is 11.6 Å². The van der Waals surface area contributed by atoms with E-state index in [1.54, 1.807) is 7.11 Å². The van der Waals surface area contributed by atoms with E-state index in [0.29, 0.717) is 31.4 Å². The highest BCUT2D eigenvalue weighted by Gasteiger charge is 2.51. The first-order chi connectivity index (χ1) is 17.3. The lowest BCUT2D eigenvalue weighted by Gasteiger charge is -2.44. The number of hydrazine groups is 1. The highest BCUT2D eigenvalue weighted by Crippen LogP contribution is 2.39. The molecule has 194 valence electrons. The van der Waals surface area contributed by atoms with Crippen molar-refractivity contribution in [2.75, 3.05) is 51.3 Å². The number of amides is 2. The number of rotatable bonds is 7. The lowest BCUT2D eigenvalue weighted by molar-refractivity contribution is 0.00617. The Morgan fingerprint density at radius 1 is 1.17 bits per heavy atom. The number of methoxy groups -OCH3 is 1. The number of carbonyl (C=O) groups is 1. The van der Waals surface area contributed by atoms with Crippen LogP contribution in [0.2, 0.25) is 0 Å². The van der Waals surface area contributed by atoms with Gasteiger partial charge >= 0.3 is 6.03 Å². The van der Waals surface area contributed by atoms with Crippen molar-refractivity contribution in [3.05, 3.63) is 53.7 Å². The Labute approximate surface area is 213 Å². The molecular weight excluding hydrogens is 456 g/mol. The van der Waals surface area contributed by atoms with Gasteiger partial charge in [0, 0.05) is 51.4 Å². The Kier molecular flexibility index (Phi) is 6.91. The second kappa shape index (κ2) is 9.97. The predicted molar refractivity (Wildman–Crippen MR) is 139 cm³/mol. The van der Waals surface area contributed by atoms with Crippen molar-refractivity contribution < 1.29 is 14.6 Å². The smallest absolute Gasteiger partial charge is 0.326 e. The van der Waals surface area contributed by atoms with Crippen LogP contribution in [0.3, 0.4) is 0 Å². The van der Waals surface area contributed by atoms with Crippen LogP contribution < -0.4 is 20.5 Å². The highest BCUT2D eigenvalue weighted by atomic mass is 16.5. The molecule has 0 aliphatic carbocycles. The van der Waals surface area contributed by atoms with Crippen LogP contribution in [-0.4, -0.2) is 83.4 Å². The zero-order valence-corrected chi connectivity index (χ0v) is 21.5. The van der Waals surface area contributed by atoms with Gasteiger partial charge in [-0.05, 0) is 56.0 Å². The number of hydrogen-bond acceptors (Lipinski definition) is 7. The number of anilines is 1. The van der Waals surface area contributed by atoms with Crippen LogP contribution in [0.1, 0.15) is 43.7 Å². The average Bonchev–Trinajstić information content (AvgIpc) is 3.49. The summed E-state index contributed by atoms with van der Waals surface area (Å²) in [6, 6.07) is 12.0. The molecule has 5 rings (SSSR count). The van der Waals surface area contributed by atoms with E-state index in [4.69, 9.17) is 9.72 Å².